The third-order valence-electron chi connectivity index (χ3n) is 3.85. The van der Waals surface area contributed by atoms with Crippen molar-refractivity contribution in [3.8, 4) is 5.75 Å². The van der Waals surface area contributed by atoms with E-state index in [0.717, 1.165) is 23.8 Å². The maximum atomic E-state index is 6.24. The molecule has 0 aromatic carbocycles. The van der Waals surface area contributed by atoms with Crippen LogP contribution >= 0.6 is 0 Å². The SMILES string of the molecule is CC1CCCC(Oc2ccncc2CNC(C)(C)C)C1. The third-order valence-corrected chi connectivity index (χ3v) is 3.85. The molecule has 1 N–H and O–H groups in total. The summed E-state index contributed by atoms with van der Waals surface area (Å²) < 4.78 is 6.24. The lowest BCUT2D eigenvalue weighted by Crippen LogP contribution is -2.35. The number of pyridine rings is 1. The van der Waals surface area contributed by atoms with Crippen LogP contribution in [0.25, 0.3) is 0 Å². The van der Waals surface area contributed by atoms with Crippen molar-refractivity contribution in [2.24, 2.45) is 5.92 Å². The second kappa shape index (κ2) is 6.57. The molecule has 2 unspecified atom stereocenters. The molecule has 1 fully saturated rings. The van der Waals surface area contributed by atoms with E-state index in [1.54, 1.807) is 0 Å². The minimum absolute atomic E-state index is 0.104. The third kappa shape index (κ3) is 4.78. The number of hydrogen-bond acceptors (Lipinski definition) is 3. The highest BCUT2D eigenvalue weighted by Gasteiger charge is 2.21. The van der Waals surface area contributed by atoms with Gasteiger partial charge in [0, 0.05) is 30.0 Å². The highest BCUT2D eigenvalue weighted by Crippen LogP contribution is 2.28. The smallest absolute Gasteiger partial charge is 0.127 e. The van der Waals surface area contributed by atoms with E-state index < -0.39 is 0 Å². The van der Waals surface area contributed by atoms with Crippen LogP contribution in [-0.2, 0) is 6.54 Å². The summed E-state index contributed by atoms with van der Waals surface area (Å²) in [5.41, 5.74) is 1.26. The largest absolute Gasteiger partial charge is 0.490 e. The Morgan fingerprint density at radius 3 is 2.85 bits per heavy atom. The maximum Gasteiger partial charge on any atom is 0.127 e. The van der Waals surface area contributed by atoms with Gasteiger partial charge in [-0.2, -0.15) is 0 Å². The van der Waals surface area contributed by atoms with Crippen LogP contribution in [0, 0.1) is 5.92 Å². The average Bonchev–Trinajstić information content (AvgIpc) is 2.37. The Morgan fingerprint density at radius 1 is 1.35 bits per heavy atom. The number of aromatic nitrogens is 1. The quantitative estimate of drug-likeness (QED) is 0.905. The van der Waals surface area contributed by atoms with E-state index in [9.17, 15) is 0 Å². The summed E-state index contributed by atoms with van der Waals surface area (Å²) in [7, 11) is 0. The molecule has 0 spiro atoms. The van der Waals surface area contributed by atoms with E-state index in [1.807, 2.05) is 18.5 Å². The zero-order chi connectivity index (χ0) is 14.6. The molecular formula is C17H28N2O. The van der Waals surface area contributed by atoms with Gasteiger partial charge in [-0.15, -0.1) is 0 Å². The van der Waals surface area contributed by atoms with Crippen LogP contribution in [0.1, 0.15) is 58.9 Å². The predicted molar refractivity (Wildman–Crippen MR) is 82.9 cm³/mol. The van der Waals surface area contributed by atoms with Crippen molar-refractivity contribution in [2.75, 3.05) is 0 Å². The van der Waals surface area contributed by atoms with Gasteiger partial charge in [0.2, 0.25) is 0 Å². The molecule has 1 aliphatic rings. The van der Waals surface area contributed by atoms with Crippen molar-refractivity contribution in [3.63, 3.8) is 0 Å². The second-order valence-corrected chi connectivity index (χ2v) is 7.10. The highest BCUT2D eigenvalue weighted by molar-refractivity contribution is 5.30. The molecular weight excluding hydrogens is 248 g/mol. The lowest BCUT2D eigenvalue weighted by atomic mass is 9.88. The van der Waals surface area contributed by atoms with Crippen LogP contribution < -0.4 is 10.1 Å². The summed E-state index contributed by atoms with van der Waals surface area (Å²) in [5.74, 6) is 1.78. The second-order valence-electron chi connectivity index (χ2n) is 7.10. The van der Waals surface area contributed by atoms with Gasteiger partial charge in [0.1, 0.15) is 5.75 Å². The summed E-state index contributed by atoms with van der Waals surface area (Å²) in [6.45, 7) is 9.64. The van der Waals surface area contributed by atoms with Crippen molar-refractivity contribution in [1.82, 2.24) is 10.3 Å². The van der Waals surface area contributed by atoms with Crippen LogP contribution in [0.3, 0.4) is 0 Å². The van der Waals surface area contributed by atoms with Crippen LogP contribution in [0.15, 0.2) is 18.5 Å². The first-order valence-corrected chi connectivity index (χ1v) is 7.78. The average molecular weight is 276 g/mol. The van der Waals surface area contributed by atoms with Gasteiger partial charge in [0.05, 0.1) is 6.10 Å². The van der Waals surface area contributed by atoms with Gasteiger partial charge >= 0.3 is 0 Å². The number of hydrogen-bond donors (Lipinski definition) is 1. The van der Waals surface area contributed by atoms with Gasteiger partial charge in [0.15, 0.2) is 0 Å². The number of ether oxygens (including phenoxy) is 1. The summed E-state index contributed by atoms with van der Waals surface area (Å²) in [5, 5.41) is 3.50. The Labute approximate surface area is 123 Å². The Hall–Kier alpha value is -1.09. The summed E-state index contributed by atoms with van der Waals surface area (Å²) in [6, 6.07) is 2.00. The first-order valence-electron chi connectivity index (χ1n) is 7.78. The lowest BCUT2D eigenvalue weighted by Gasteiger charge is -2.28. The van der Waals surface area contributed by atoms with Crippen LogP contribution in [0.5, 0.6) is 5.75 Å². The fraction of sp³-hybridized carbons (Fsp3) is 0.706. The molecule has 0 bridgehead atoms. The molecule has 20 heavy (non-hydrogen) atoms. The highest BCUT2D eigenvalue weighted by atomic mass is 16.5. The minimum Gasteiger partial charge on any atom is -0.490 e. The molecule has 2 atom stereocenters. The standard InChI is InChI=1S/C17H28N2O/c1-13-6-5-7-15(10-13)20-16-8-9-18-11-14(16)12-19-17(2,3)4/h8-9,11,13,15,19H,5-7,10,12H2,1-4H3. The molecule has 1 aliphatic carbocycles. The van der Waals surface area contributed by atoms with E-state index in [4.69, 9.17) is 4.74 Å². The number of nitrogens with one attached hydrogen (secondary N) is 1. The maximum absolute atomic E-state index is 6.24. The van der Waals surface area contributed by atoms with Crippen LogP contribution in [0.4, 0.5) is 0 Å². The molecule has 3 heteroatoms. The molecule has 2 rings (SSSR count). The normalized spacial score (nSPS) is 23.6. The summed E-state index contributed by atoms with van der Waals surface area (Å²) in [4.78, 5) is 4.23. The van der Waals surface area contributed by atoms with Gasteiger partial charge in [0.25, 0.3) is 0 Å². The fourth-order valence-corrected chi connectivity index (χ4v) is 2.69. The molecule has 3 nitrogen and oxygen atoms in total. The molecule has 0 amide bonds. The van der Waals surface area contributed by atoms with E-state index in [2.05, 4.69) is 38.0 Å². The molecule has 0 radical (unpaired) electrons. The molecule has 0 aliphatic heterocycles. The minimum atomic E-state index is 0.104. The molecule has 1 aromatic rings. The summed E-state index contributed by atoms with van der Waals surface area (Å²) in [6.07, 6.45) is 9.09. The van der Waals surface area contributed by atoms with Gasteiger partial charge in [-0.1, -0.05) is 13.3 Å². The van der Waals surface area contributed by atoms with Crippen LogP contribution in [-0.4, -0.2) is 16.6 Å². The van der Waals surface area contributed by atoms with Crippen molar-refractivity contribution in [3.05, 3.63) is 24.0 Å². The molecule has 112 valence electrons. The molecule has 1 saturated carbocycles. The zero-order valence-electron chi connectivity index (χ0n) is 13.3. The molecule has 0 saturated heterocycles. The van der Waals surface area contributed by atoms with Crippen LogP contribution in [0.2, 0.25) is 0 Å². The topological polar surface area (TPSA) is 34.1 Å². The van der Waals surface area contributed by atoms with Crippen molar-refractivity contribution in [1.29, 1.82) is 0 Å². The predicted octanol–water partition coefficient (Wildman–Crippen LogP) is 3.93. The molecule has 1 aromatic heterocycles. The first kappa shape index (κ1) is 15.3. The Bertz CT molecular complexity index is 425. The van der Waals surface area contributed by atoms with E-state index in [0.29, 0.717) is 6.10 Å². The molecule has 1 heterocycles. The first-order chi connectivity index (χ1) is 9.44. The monoisotopic (exact) mass is 276 g/mol. The Balaban J connectivity index is 2.00. The van der Waals surface area contributed by atoms with E-state index in [1.165, 1.54) is 25.7 Å². The van der Waals surface area contributed by atoms with E-state index in [-0.39, 0.29) is 5.54 Å². The van der Waals surface area contributed by atoms with Gasteiger partial charge in [-0.3, -0.25) is 4.98 Å². The van der Waals surface area contributed by atoms with Crippen molar-refractivity contribution in [2.45, 2.75) is 71.6 Å². The van der Waals surface area contributed by atoms with Crippen molar-refractivity contribution < 1.29 is 4.74 Å². The number of rotatable bonds is 4. The summed E-state index contributed by atoms with van der Waals surface area (Å²) >= 11 is 0. The Kier molecular flexibility index (Phi) is 5.03. The van der Waals surface area contributed by atoms with Gasteiger partial charge < -0.3 is 10.1 Å². The van der Waals surface area contributed by atoms with Gasteiger partial charge in [-0.25, -0.2) is 0 Å². The number of nitrogens with zero attached hydrogens (tertiary/aromatic N) is 1. The fourth-order valence-electron chi connectivity index (χ4n) is 2.69. The zero-order valence-corrected chi connectivity index (χ0v) is 13.3. The lowest BCUT2D eigenvalue weighted by molar-refractivity contribution is 0.127. The Morgan fingerprint density at radius 2 is 2.15 bits per heavy atom. The van der Waals surface area contributed by atoms with Gasteiger partial charge in [-0.05, 0) is 52.0 Å². The van der Waals surface area contributed by atoms with Crippen molar-refractivity contribution >= 4 is 0 Å². The van der Waals surface area contributed by atoms with E-state index >= 15 is 0 Å².